The molecule has 1 unspecified atom stereocenters. The summed E-state index contributed by atoms with van der Waals surface area (Å²) in [6, 6.07) is 11.3. The molecule has 2 amide bonds. The Morgan fingerprint density at radius 3 is 2.62 bits per heavy atom. The second-order valence-corrected chi connectivity index (χ2v) is 7.22. The molecule has 0 fully saturated rings. The van der Waals surface area contributed by atoms with E-state index in [4.69, 9.17) is 0 Å². The highest BCUT2D eigenvalue weighted by Gasteiger charge is 2.22. The maximum atomic E-state index is 12.7. The van der Waals surface area contributed by atoms with Crippen LogP contribution < -0.4 is 10.6 Å². The fourth-order valence-electron chi connectivity index (χ4n) is 3.06. The van der Waals surface area contributed by atoms with Gasteiger partial charge in [0, 0.05) is 11.9 Å². The molecule has 0 saturated heterocycles. The minimum atomic E-state index is -0.322. The molecule has 4 nitrogen and oxygen atoms in total. The average Bonchev–Trinajstić information content (AvgIpc) is 3.06. The Bertz CT molecular complexity index is 701. The van der Waals surface area contributed by atoms with Gasteiger partial charge < -0.3 is 10.6 Å². The molecule has 0 saturated carbocycles. The lowest BCUT2D eigenvalue weighted by Gasteiger charge is -2.18. The predicted octanol–water partition coefficient (Wildman–Crippen LogP) is 3.23. The quantitative estimate of drug-likeness (QED) is 0.876. The Morgan fingerprint density at radius 1 is 1.17 bits per heavy atom. The molecule has 0 aliphatic heterocycles. The fourth-order valence-corrected chi connectivity index (χ4v) is 4.21. The van der Waals surface area contributed by atoms with Crippen molar-refractivity contribution in [1.82, 2.24) is 10.6 Å². The van der Waals surface area contributed by atoms with E-state index in [1.54, 1.807) is 18.4 Å². The highest BCUT2D eigenvalue weighted by molar-refractivity contribution is 7.14. The summed E-state index contributed by atoms with van der Waals surface area (Å²) in [7, 11) is 1.61. The Balaban J connectivity index is 1.77. The summed E-state index contributed by atoms with van der Waals surface area (Å²) in [5.74, 6) is -0.179. The first-order chi connectivity index (χ1) is 11.7. The lowest BCUT2D eigenvalue weighted by atomic mass is 9.99. The van der Waals surface area contributed by atoms with E-state index in [0.29, 0.717) is 0 Å². The van der Waals surface area contributed by atoms with Gasteiger partial charge in [0.1, 0.15) is 0 Å². The topological polar surface area (TPSA) is 58.2 Å². The third-order valence-corrected chi connectivity index (χ3v) is 5.63. The van der Waals surface area contributed by atoms with Gasteiger partial charge in [0.2, 0.25) is 5.91 Å². The molecule has 1 aromatic heterocycles. The summed E-state index contributed by atoms with van der Waals surface area (Å²) in [5.41, 5.74) is 2.26. The van der Waals surface area contributed by atoms with Gasteiger partial charge in [-0.3, -0.25) is 9.59 Å². The first-order valence-electron chi connectivity index (χ1n) is 8.35. The van der Waals surface area contributed by atoms with Crippen LogP contribution in [0.25, 0.3) is 0 Å². The van der Waals surface area contributed by atoms with Gasteiger partial charge in [-0.15, -0.1) is 11.3 Å². The van der Waals surface area contributed by atoms with Gasteiger partial charge in [0.25, 0.3) is 5.91 Å². The second-order valence-electron chi connectivity index (χ2n) is 6.08. The highest BCUT2D eigenvalue weighted by Crippen LogP contribution is 2.30. The minimum absolute atomic E-state index is 0.0883. The molecule has 1 atom stereocenters. The van der Waals surface area contributed by atoms with E-state index in [0.717, 1.165) is 23.3 Å². The standard InChI is InChI=1S/C19H22N2O2S/c1-20-18(22)12-15(13-7-3-2-4-8-13)21-19(23)17-11-14-9-5-6-10-16(14)24-17/h2-4,7-8,11,15H,5-6,9-10,12H2,1H3,(H,20,22)(H,21,23). The zero-order valence-corrected chi connectivity index (χ0v) is 14.6. The van der Waals surface area contributed by atoms with Crippen LogP contribution in [0.15, 0.2) is 36.4 Å². The molecule has 0 radical (unpaired) electrons. The van der Waals surface area contributed by atoms with Crippen LogP contribution in [-0.4, -0.2) is 18.9 Å². The van der Waals surface area contributed by atoms with Crippen molar-refractivity contribution in [2.45, 2.75) is 38.1 Å². The van der Waals surface area contributed by atoms with Crippen molar-refractivity contribution in [3.05, 3.63) is 57.3 Å². The van der Waals surface area contributed by atoms with Crippen molar-refractivity contribution in [3.63, 3.8) is 0 Å². The first-order valence-corrected chi connectivity index (χ1v) is 9.17. The van der Waals surface area contributed by atoms with Crippen LogP contribution in [0.1, 0.15) is 51.0 Å². The molecule has 2 N–H and O–H groups in total. The number of fused-ring (bicyclic) bond motifs is 1. The van der Waals surface area contributed by atoms with Crippen LogP contribution in [0.3, 0.4) is 0 Å². The van der Waals surface area contributed by atoms with E-state index >= 15 is 0 Å². The molecule has 0 spiro atoms. The summed E-state index contributed by atoms with van der Waals surface area (Å²) < 4.78 is 0. The number of amides is 2. The lowest BCUT2D eigenvalue weighted by Crippen LogP contribution is -2.32. The molecular formula is C19H22N2O2S. The van der Waals surface area contributed by atoms with Crippen molar-refractivity contribution in [1.29, 1.82) is 0 Å². The Labute approximate surface area is 146 Å². The van der Waals surface area contributed by atoms with Crippen LogP contribution in [0, 0.1) is 0 Å². The zero-order valence-electron chi connectivity index (χ0n) is 13.8. The fraction of sp³-hybridized carbons (Fsp3) is 0.368. The largest absolute Gasteiger partial charge is 0.359 e. The van der Waals surface area contributed by atoms with Gasteiger partial charge in [-0.25, -0.2) is 0 Å². The Hall–Kier alpha value is -2.14. The first kappa shape index (κ1) is 16.7. The number of thiophene rings is 1. The van der Waals surface area contributed by atoms with Gasteiger partial charge in [0.05, 0.1) is 17.3 Å². The van der Waals surface area contributed by atoms with Gasteiger partial charge >= 0.3 is 0 Å². The molecule has 2 aromatic rings. The zero-order chi connectivity index (χ0) is 16.9. The van der Waals surface area contributed by atoms with Crippen LogP contribution in [0.2, 0.25) is 0 Å². The predicted molar refractivity (Wildman–Crippen MR) is 96.3 cm³/mol. The SMILES string of the molecule is CNC(=O)CC(NC(=O)c1cc2c(s1)CCCC2)c1ccccc1. The van der Waals surface area contributed by atoms with Crippen LogP contribution in [-0.2, 0) is 17.6 Å². The molecule has 126 valence electrons. The van der Waals surface area contributed by atoms with E-state index in [1.165, 1.54) is 23.3 Å². The molecule has 1 heterocycles. The van der Waals surface area contributed by atoms with Gasteiger partial charge in [-0.1, -0.05) is 30.3 Å². The molecule has 5 heteroatoms. The molecule has 1 aliphatic carbocycles. The number of carbonyl (C=O) groups excluding carboxylic acids is 2. The van der Waals surface area contributed by atoms with Crippen molar-refractivity contribution < 1.29 is 9.59 Å². The number of benzene rings is 1. The Kier molecular flexibility index (Phi) is 5.30. The molecule has 3 rings (SSSR count). The summed E-state index contributed by atoms with van der Waals surface area (Å²) in [4.78, 5) is 26.6. The lowest BCUT2D eigenvalue weighted by molar-refractivity contribution is -0.121. The smallest absolute Gasteiger partial charge is 0.261 e. The summed E-state index contributed by atoms with van der Waals surface area (Å²) >= 11 is 1.59. The van der Waals surface area contributed by atoms with Crippen molar-refractivity contribution in [3.8, 4) is 0 Å². The van der Waals surface area contributed by atoms with Gasteiger partial charge in [-0.2, -0.15) is 0 Å². The van der Waals surface area contributed by atoms with E-state index in [9.17, 15) is 9.59 Å². The number of aryl methyl sites for hydroxylation is 2. The minimum Gasteiger partial charge on any atom is -0.359 e. The number of carbonyl (C=O) groups is 2. The third kappa shape index (κ3) is 3.85. The highest BCUT2D eigenvalue weighted by atomic mass is 32.1. The molecule has 1 aromatic carbocycles. The summed E-state index contributed by atoms with van der Waals surface area (Å²) in [5, 5.41) is 5.66. The maximum absolute atomic E-state index is 12.7. The van der Waals surface area contributed by atoms with E-state index in [-0.39, 0.29) is 24.3 Å². The number of rotatable bonds is 5. The third-order valence-electron chi connectivity index (χ3n) is 4.40. The van der Waals surface area contributed by atoms with Crippen LogP contribution in [0.5, 0.6) is 0 Å². The van der Waals surface area contributed by atoms with Crippen molar-refractivity contribution >= 4 is 23.2 Å². The van der Waals surface area contributed by atoms with E-state index in [1.807, 2.05) is 36.4 Å². The number of hydrogen-bond donors (Lipinski definition) is 2. The molecule has 24 heavy (non-hydrogen) atoms. The van der Waals surface area contributed by atoms with Gasteiger partial charge in [-0.05, 0) is 42.9 Å². The van der Waals surface area contributed by atoms with E-state index in [2.05, 4.69) is 10.6 Å². The normalized spacial score (nSPS) is 14.5. The van der Waals surface area contributed by atoms with E-state index < -0.39 is 0 Å². The number of hydrogen-bond acceptors (Lipinski definition) is 3. The molecule has 0 bridgehead atoms. The van der Waals surface area contributed by atoms with Crippen molar-refractivity contribution in [2.75, 3.05) is 7.05 Å². The monoisotopic (exact) mass is 342 g/mol. The molecule has 1 aliphatic rings. The average molecular weight is 342 g/mol. The number of nitrogens with one attached hydrogen (secondary N) is 2. The van der Waals surface area contributed by atoms with Gasteiger partial charge in [0.15, 0.2) is 0 Å². The molecular weight excluding hydrogens is 320 g/mol. The second kappa shape index (κ2) is 7.62. The summed E-state index contributed by atoms with van der Waals surface area (Å²) in [6.07, 6.45) is 4.79. The van der Waals surface area contributed by atoms with Crippen molar-refractivity contribution in [2.24, 2.45) is 0 Å². The maximum Gasteiger partial charge on any atom is 0.261 e. The Morgan fingerprint density at radius 2 is 1.92 bits per heavy atom. The van der Waals surface area contributed by atoms with Crippen LogP contribution in [0.4, 0.5) is 0 Å². The summed E-state index contributed by atoms with van der Waals surface area (Å²) in [6.45, 7) is 0. The van der Waals surface area contributed by atoms with Crippen LogP contribution >= 0.6 is 11.3 Å².